The maximum Gasteiger partial charge on any atom is 0.216 e. The van der Waals surface area contributed by atoms with Crippen LogP contribution in [0.3, 0.4) is 0 Å². The Labute approximate surface area is 92.0 Å². The molecule has 1 saturated heterocycles. The Kier molecular flexibility index (Phi) is 3.03. The number of hydrogen-bond acceptors (Lipinski definition) is 3. The van der Waals surface area contributed by atoms with Gasteiger partial charge in [-0.2, -0.15) is 0 Å². The highest BCUT2D eigenvalue weighted by molar-refractivity contribution is 9.10. The van der Waals surface area contributed by atoms with Gasteiger partial charge < -0.3 is 10.1 Å². The molecule has 4 heteroatoms. The highest BCUT2D eigenvalue weighted by atomic mass is 79.9. The monoisotopic (exact) mass is 256 g/mol. The van der Waals surface area contributed by atoms with E-state index >= 15 is 0 Å². The average Bonchev–Trinajstić information content (AvgIpc) is 2.70. The van der Waals surface area contributed by atoms with Crippen LogP contribution in [0.4, 0.5) is 0 Å². The fourth-order valence-corrected chi connectivity index (χ4v) is 2.17. The van der Waals surface area contributed by atoms with Crippen molar-refractivity contribution in [3.05, 3.63) is 22.3 Å². The van der Waals surface area contributed by atoms with E-state index in [0.717, 1.165) is 29.9 Å². The third kappa shape index (κ3) is 1.91. The first-order valence-electron chi connectivity index (χ1n) is 4.71. The molecule has 1 aliphatic heterocycles. The van der Waals surface area contributed by atoms with Gasteiger partial charge in [-0.3, -0.25) is 0 Å². The lowest BCUT2D eigenvalue weighted by Crippen LogP contribution is -2.09. The van der Waals surface area contributed by atoms with Gasteiger partial charge in [0.15, 0.2) is 0 Å². The van der Waals surface area contributed by atoms with Crippen molar-refractivity contribution in [1.29, 1.82) is 0 Å². The molecule has 0 amide bonds. The number of aromatic nitrogens is 1. The van der Waals surface area contributed by atoms with Crippen LogP contribution in [0.25, 0.3) is 0 Å². The summed E-state index contributed by atoms with van der Waals surface area (Å²) in [6.07, 6.45) is 2.93. The van der Waals surface area contributed by atoms with Crippen molar-refractivity contribution in [2.24, 2.45) is 0 Å². The van der Waals surface area contributed by atoms with Gasteiger partial charge >= 0.3 is 0 Å². The first-order valence-corrected chi connectivity index (χ1v) is 5.50. The van der Waals surface area contributed by atoms with E-state index in [1.54, 1.807) is 13.3 Å². The SMILES string of the molecule is COc1ncc(Br)cc1C1CCNC1. The van der Waals surface area contributed by atoms with Crippen molar-refractivity contribution in [3.63, 3.8) is 0 Å². The normalized spacial score (nSPS) is 21.1. The van der Waals surface area contributed by atoms with Crippen molar-refractivity contribution < 1.29 is 4.74 Å². The van der Waals surface area contributed by atoms with E-state index in [4.69, 9.17) is 4.74 Å². The predicted octanol–water partition coefficient (Wildman–Crippen LogP) is 1.93. The minimum Gasteiger partial charge on any atom is -0.481 e. The van der Waals surface area contributed by atoms with Gasteiger partial charge in [-0.05, 0) is 35.0 Å². The van der Waals surface area contributed by atoms with Gasteiger partial charge in [-0.1, -0.05) is 0 Å². The largest absolute Gasteiger partial charge is 0.481 e. The Morgan fingerprint density at radius 2 is 2.50 bits per heavy atom. The zero-order valence-corrected chi connectivity index (χ0v) is 9.67. The molecule has 2 rings (SSSR count). The number of pyridine rings is 1. The summed E-state index contributed by atoms with van der Waals surface area (Å²) in [5.74, 6) is 1.29. The van der Waals surface area contributed by atoms with Crippen LogP contribution in [0.5, 0.6) is 5.88 Å². The van der Waals surface area contributed by atoms with Crippen molar-refractivity contribution in [2.45, 2.75) is 12.3 Å². The zero-order valence-electron chi connectivity index (χ0n) is 8.09. The summed E-state index contributed by atoms with van der Waals surface area (Å²) in [6.45, 7) is 2.11. The van der Waals surface area contributed by atoms with E-state index < -0.39 is 0 Å². The second-order valence-electron chi connectivity index (χ2n) is 3.44. The summed E-state index contributed by atoms with van der Waals surface area (Å²) in [5, 5.41) is 3.34. The second kappa shape index (κ2) is 4.28. The van der Waals surface area contributed by atoms with Crippen molar-refractivity contribution >= 4 is 15.9 Å². The molecule has 0 aliphatic carbocycles. The number of hydrogen-bond donors (Lipinski definition) is 1. The second-order valence-corrected chi connectivity index (χ2v) is 4.36. The van der Waals surface area contributed by atoms with Gasteiger partial charge in [0.05, 0.1) is 7.11 Å². The molecule has 1 aromatic heterocycles. The molecule has 0 saturated carbocycles. The molecule has 1 unspecified atom stereocenters. The Bertz CT molecular complexity index is 324. The van der Waals surface area contributed by atoms with E-state index in [9.17, 15) is 0 Å². The van der Waals surface area contributed by atoms with Gasteiger partial charge in [0.25, 0.3) is 0 Å². The number of nitrogens with zero attached hydrogens (tertiary/aromatic N) is 1. The molecule has 1 aromatic rings. The average molecular weight is 257 g/mol. The van der Waals surface area contributed by atoms with Crippen LogP contribution in [0, 0.1) is 0 Å². The molecule has 3 nitrogen and oxygen atoms in total. The summed E-state index contributed by atoms with van der Waals surface area (Å²) in [7, 11) is 1.67. The van der Waals surface area contributed by atoms with Crippen LogP contribution in [0.1, 0.15) is 17.9 Å². The predicted molar refractivity (Wildman–Crippen MR) is 58.7 cm³/mol. The molecule has 0 bridgehead atoms. The van der Waals surface area contributed by atoms with Crippen LogP contribution < -0.4 is 10.1 Å². The highest BCUT2D eigenvalue weighted by Crippen LogP contribution is 2.30. The maximum absolute atomic E-state index is 5.25. The first-order chi connectivity index (χ1) is 6.81. The van der Waals surface area contributed by atoms with E-state index in [1.165, 1.54) is 5.56 Å². The Balaban J connectivity index is 2.33. The summed E-state index contributed by atoms with van der Waals surface area (Å²) in [4.78, 5) is 4.24. The minimum atomic E-state index is 0.537. The summed E-state index contributed by atoms with van der Waals surface area (Å²) in [5.41, 5.74) is 1.20. The lowest BCUT2D eigenvalue weighted by Gasteiger charge is -2.12. The minimum absolute atomic E-state index is 0.537. The highest BCUT2D eigenvalue weighted by Gasteiger charge is 2.21. The molecule has 1 fully saturated rings. The molecule has 0 radical (unpaired) electrons. The summed E-state index contributed by atoms with van der Waals surface area (Å²) >= 11 is 3.43. The van der Waals surface area contributed by atoms with Crippen LogP contribution in [-0.4, -0.2) is 25.2 Å². The molecule has 1 aliphatic rings. The molecule has 1 N–H and O–H groups in total. The van der Waals surface area contributed by atoms with E-state index in [2.05, 4.69) is 32.3 Å². The Morgan fingerprint density at radius 3 is 3.14 bits per heavy atom. The number of methoxy groups -OCH3 is 1. The van der Waals surface area contributed by atoms with Crippen molar-refractivity contribution in [1.82, 2.24) is 10.3 Å². The van der Waals surface area contributed by atoms with E-state index in [1.807, 2.05) is 0 Å². The molecule has 0 aromatic carbocycles. The fraction of sp³-hybridized carbons (Fsp3) is 0.500. The van der Waals surface area contributed by atoms with Gasteiger partial charge in [0, 0.05) is 28.7 Å². The lowest BCUT2D eigenvalue weighted by atomic mass is 10.00. The molecule has 2 heterocycles. The van der Waals surface area contributed by atoms with Gasteiger partial charge in [0.2, 0.25) is 5.88 Å². The molecule has 14 heavy (non-hydrogen) atoms. The number of nitrogens with one attached hydrogen (secondary N) is 1. The number of rotatable bonds is 2. The number of ether oxygens (including phenoxy) is 1. The Hall–Kier alpha value is -0.610. The molecule has 76 valence electrons. The first kappa shape index (κ1) is 9.93. The van der Waals surface area contributed by atoms with Crippen molar-refractivity contribution in [3.8, 4) is 5.88 Å². The van der Waals surface area contributed by atoms with Crippen LogP contribution >= 0.6 is 15.9 Å². The standard InChI is InChI=1S/C10H13BrN2O/c1-14-10-9(4-8(11)6-13-10)7-2-3-12-5-7/h4,6-7,12H,2-3,5H2,1H3. The molecule has 0 spiro atoms. The van der Waals surface area contributed by atoms with E-state index in [0.29, 0.717) is 5.92 Å². The van der Waals surface area contributed by atoms with Crippen LogP contribution in [-0.2, 0) is 0 Å². The van der Waals surface area contributed by atoms with Gasteiger partial charge in [0.1, 0.15) is 0 Å². The summed E-state index contributed by atoms with van der Waals surface area (Å²) in [6, 6.07) is 2.10. The topological polar surface area (TPSA) is 34.1 Å². The van der Waals surface area contributed by atoms with Crippen molar-refractivity contribution in [2.75, 3.05) is 20.2 Å². The molecular weight excluding hydrogens is 244 g/mol. The van der Waals surface area contributed by atoms with Crippen LogP contribution in [0.15, 0.2) is 16.7 Å². The van der Waals surface area contributed by atoms with Gasteiger partial charge in [-0.15, -0.1) is 0 Å². The molecule has 1 atom stereocenters. The fourth-order valence-electron chi connectivity index (χ4n) is 1.83. The third-order valence-electron chi connectivity index (χ3n) is 2.54. The van der Waals surface area contributed by atoms with E-state index in [-0.39, 0.29) is 0 Å². The molecular formula is C10H13BrN2O. The lowest BCUT2D eigenvalue weighted by molar-refractivity contribution is 0.389. The third-order valence-corrected chi connectivity index (χ3v) is 2.97. The number of halogens is 1. The summed E-state index contributed by atoms with van der Waals surface area (Å²) < 4.78 is 6.27. The Morgan fingerprint density at radius 1 is 1.64 bits per heavy atom. The maximum atomic E-state index is 5.25. The van der Waals surface area contributed by atoms with Crippen LogP contribution in [0.2, 0.25) is 0 Å². The smallest absolute Gasteiger partial charge is 0.216 e. The quantitative estimate of drug-likeness (QED) is 0.879. The zero-order chi connectivity index (χ0) is 9.97. The van der Waals surface area contributed by atoms with Gasteiger partial charge in [-0.25, -0.2) is 4.98 Å².